The largest absolute Gasteiger partial charge is 0.331 e. The molecule has 0 aliphatic heterocycles. The van der Waals surface area contributed by atoms with Crippen LogP contribution >= 0.6 is 15.9 Å². The second-order valence-electron chi connectivity index (χ2n) is 5.30. The Morgan fingerprint density at radius 2 is 1.95 bits per heavy atom. The zero-order valence-corrected chi connectivity index (χ0v) is 13.0. The minimum absolute atomic E-state index is 0.00283. The summed E-state index contributed by atoms with van der Waals surface area (Å²) in [5.74, 6) is -0.263. The van der Waals surface area contributed by atoms with E-state index in [1.807, 2.05) is 35.2 Å². The lowest BCUT2D eigenvalue weighted by Gasteiger charge is -2.23. The molecule has 1 fully saturated rings. The first-order valence-electron chi connectivity index (χ1n) is 6.94. The van der Waals surface area contributed by atoms with Gasteiger partial charge in [-0.3, -0.25) is 4.79 Å². The van der Waals surface area contributed by atoms with E-state index in [-0.39, 0.29) is 17.8 Å². The van der Waals surface area contributed by atoms with Crippen LogP contribution in [0.2, 0.25) is 0 Å². The Morgan fingerprint density at radius 1 is 1.19 bits per heavy atom. The summed E-state index contributed by atoms with van der Waals surface area (Å²) in [6.07, 6.45) is 2.05. The predicted octanol–water partition coefficient (Wildman–Crippen LogP) is 4.39. The number of amides is 1. The van der Waals surface area contributed by atoms with E-state index in [1.54, 1.807) is 6.07 Å². The van der Waals surface area contributed by atoms with Gasteiger partial charge >= 0.3 is 0 Å². The van der Waals surface area contributed by atoms with E-state index < -0.39 is 0 Å². The van der Waals surface area contributed by atoms with Gasteiger partial charge in [-0.25, -0.2) is 4.39 Å². The van der Waals surface area contributed by atoms with Crippen LogP contribution in [0.3, 0.4) is 0 Å². The van der Waals surface area contributed by atoms with Gasteiger partial charge in [0.15, 0.2) is 0 Å². The number of halogens is 2. The SMILES string of the molecule is O=C(c1cccc(Br)c1)N(Cc1cccc(F)c1)C1CC1. The van der Waals surface area contributed by atoms with Gasteiger partial charge in [0.2, 0.25) is 0 Å². The summed E-state index contributed by atoms with van der Waals surface area (Å²) in [6.45, 7) is 0.452. The van der Waals surface area contributed by atoms with Gasteiger partial charge in [0, 0.05) is 22.6 Å². The van der Waals surface area contributed by atoms with Crippen LogP contribution in [0.1, 0.15) is 28.8 Å². The molecular weight excluding hydrogens is 333 g/mol. The third-order valence-corrected chi connectivity index (χ3v) is 4.06. The Bertz CT molecular complexity index is 669. The van der Waals surface area contributed by atoms with Crippen LogP contribution in [0.15, 0.2) is 53.0 Å². The molecule has 0 saturated heterocycles. The topological polar surface area (TPSA) is 20.3 Å². The van der Waals surface area contributed by atoms with Crippen molar-refractivity contribution in [2.45, 2.75) is 25.4 Å². The molecule has 0 heterocycles. The van der Waals surface area contributed by atoms with E-state index in [0.717, 1.165) is 22.9 Å². The van der Waals surface area contributed by atoms with Crippen molar-refractivity contribution in [1.82, 2.24) is 4.90 Å². The average Bonchev–Trinajstić information content (AvgIpc) is 3.29. The minimum Gasteiger partial charge on any atom is -0.331 e. The predicted molar refractivity (Wildman–Crippen MR) is 83.4 cm³/mol. The van der Waals surface area contributed by atoms with E-state index in [2.05, 4.69) is 15.9 Å². The third-order valence-electron chi connectivity index (χ3n) is 3.56. The van der Waals surface area contributed by atoms with Crippen LogP contribution in [0.4, 0.5) is 4.39 Å². The molecule has 2 aromatic carbocycles. The molecule has 21 heavy (non-hydrogen) atoms. The summed E-state index contributed by atoms with van der Waals surface area (Å²) in [4.78, 5) is 14.5. The molecule has 0 N–H and O–H groups in total. The van der Waals surface area contributed by atoms with Gasteiger partial charge in [0.25, 0.3) is 5.91 Å². The standard InChI is InChI=1S/C17H15BrFNO/c18-14-5-2-4-13(10-14)17(21)20(16-7-8-16)11-12-3-1-6-15(19)9-12/h1-6,9-10,16H,7-8,11H2. The smallest absolute Gasteiger partial charge is 0.254 e. The molecule has 4 heteroatoms. The highest BCUT2D eigenvalue weighted by Gasteiger charge is 2.33. The number of nitrogens with zero attached hydrogens (tertiary/aromatic N) is 1. The fraction of sp³-hybridized carbons (Fsp3) is 0.235. The van der Waals surface area contributed by atoms with Crippen LogP contribution in [0.25, 0.3) is 0 Å². The minimum atomic E-state index is -0.266. The number of hydrogen-bond donors (Lipinski definition) is 0. The highest BCUT2D eigenvalue weighted by atomic mass is 79.9. The average molecular weight is 348 g/mol. The van der Waals surface area contributed by atoms with Crippen molar-refractivity contribution < 1.29 is 9.18 Å². The maximum atomic E-state index is 13.3. The van der Waals surface area contributed by atoms with E-state index in [1.165, 1.54) is 12.1 Å². The van der Waals surface area contributed by atoms with Gasteiger partial charge in [0.1, 0.15) is 5.82 Å². The van der Waals surface area contributed by atoms with Crippen molar-refractivity contribution in [3.8, 4) is 0 Å². The fourth-order valence-electron chi connectivity index (χ4n) is 2.37. The second kappa shape index (κ2) is 5.98. The van der Waals surface area contributed by atoms with Gasteiger partial charge in [-0.15, -0.1) is 0 Å². The van der Waals surface area contributed by atoms with E-state index in [0.29, 0.717) is 12.1 Å². The maximum absolute atomic E-state index is 13.3. The van der Waals surface area contributed by atoms with Crippen LogP contribution in [0, 0.1) is 5.82 Å². The summed E-state index contributed by atoms with van der Waals surface area (Å²) < 4.78 is 14.2. The molecule has 1 saturated carbocycles. The number of rotatable bonds is 4. The number of carbonyl (C=O) groups excluding carboxylic acids is 1. The van der Waals surface area contributed by atoms with Crippen LogP contribution < -0.4 is 0 Å². The number of benzene rings is 2. The van der Waals surface area contributed by atoms with Crippen molar-refractivity contribution in [2.24, 2.45) is 0 Å². The fourth-order valence-corrected chi connectivity index (χ4v) is 2.77. The van der Waals surface area contributed by atoms with Gasteiger partial charge < -0.3 is 4.90 Å². The lowest BCUT2D eigenvalue weighted by molar-refractivity contribution is 0.0729. The highest BCUT2D eigenvalue weighted by Crippen LogP contribution is 2.30. The summed E-state index contributed by atoms with van der Waals surface area (Å²) in [7, 11) is 0. The lowest BCUT2D eigenvalue weighted by Crippen LogP contribution is -2.32. The van der Waals surface area contributed by atoms with Crippen molar-refractivity contribution >= 4 is 21.8 Å². The first-order chi connectivity index (χ1) is 10.1. The third kappa shape index (κ3) is 3.50. The molecule has 2 nitrogen and oxygen atoms in total. The Morgan fingerprint density at radius 3 is 2.62 bits per heavy atom. The maximum Gasteiger partial charge on any atom is 0.254 e. The van der Waals surface area contributed by atoms with Crippen molar-refractivity contribution in [1.29, 1.82) is 0 Å². The Labute approximate surface area is 131 Å². The van der Waals surface area contributed by atoms with Crippen LogP contribution in [-0.4, -0.2) is 16.8 Å². The summed E-state index contributed by atoms with van der Waals surface area (Å²) in [5, 5.41) is 0. The summed E-state index contributed by atoms with van der Waals surface area (Å²) in [5.41, 5.74) is 1.48. The lowest BCUT2D eigenvalue weighted by atomic mass is 10.1. The van der Waals surface area contributed by atoms with E-state index >= 15 is 0 Å². The molecule has 0 unspecified atom stereocenters. The molecule has 1 aliphatic carbocycles. The molecule has 3 rings (SSSR count). The molecule has 1 amide bonds. The molecule has 0 bridgehead atoms. The van der Waals surface area contributed by atoms with Crippen LogP contribution in [0.5, 0.6) is 0 Å². The second-order valence-corrected chi connectivity index (χ2v) is 6.22. The first kappa shape index (κ1) is 14.3. The van der Waals surface area contributed by atoms with Gasteiger partial charge in [-0.05, 0) is 48.7 Å². The summed E-state index contributed by atoms with van der Waals surface area (Å²) in [6, 6.07) is 14.1. The molecule has 0 spiro atoms. The molecule has 1 aliphatic rings. The Kier molecular flexibility index (Phi) is 4.06. The molecule has 0 aromatic heterocycles. The monoisotopic (exact) mass is 347 g/mol. The van der Waals surface area contributed by atoms with Crippen molar-refractivity contribution in [3.63, 3.8) is 0 Å². The van der Waals surface area contributed by atoms with Crippen LogP contribution in [-0.2, 0) is 6.54 Å². The van der Waals surface area contributed by atoms with E-state index in [9.17, 15) is 9.18 Å². The van der Waals surface area contributed by atoms with Gasteiger partial charge in [-0.1, -0.05) is 34.1 Å². The zero-order chi connectivity index (χ0) is 14.8. The highest BCUT2D eigenvalue weighted by molar-refractivity contribution is 9.10. The van der Waals surface area contributed by atoms with E-state index in [4.69, 9.17) is 0 Å². The quantitative estimate of drug-likeness (QED) is 0.802. The van der Waals surface area contributed by atoms with Gasteiger partial charge in [0.05, 0.1) is 0 Å². The Balaban J connectivity index is 1.83. The number of carbonyl (C=O) groups is 1. The molecule has 0 radical (unpaired) electrons. The molecular formula is C17H15BrFNO. The molecule has 2 aromatic rings. The first-order valence-corrected chi connectivity index (χ1v) is 7.74. The summed E-state index contributed by atoms with van der Waals surface area (Å²) >= 11 is 3.39. The van der Waals surface area contributed by atoms with Crippen molar-refractivity contribution in [2.75, 3.05) is 0 Å². The normalized spacial score (nSPS) is 14.0. The number of hydrogen-bond acceptors (Lipinski definition) is 1. The molecule has 108 valence electrons. The Hall–Kier alpha value is -1.68. The van der Waals surface area contributed by atoms with Crippen molar-refractivity contribution in [3.05, 3.63) is 69.9 Å². The van der Waals surface area contributed by atoms with Gasteiger partial charge in [-0.2, -0.15) is 0 Å². The zero-order valence-electron chi connectivity index (χ0n) is 11.4. The molecule has 0 atom stereocenters.